The molecule has 102 valence electrons. The zero-order valence-corrected chi connectivity index (χ0v) is 11.2. The highest BCUT2D eigenvalue weighted by Gasteiger charge is 2.28. The number of aromatic amines is 1. The number of nitriles is 1. The number of hydrogen-bond donors (Lipinski definition) is 1. The lowest BCUT2D eigenvalue weighted by atomic mass is 10.2. The predicted molar refractivity (Wildman–Crippen MR) is 78.8 cm³/mol. The van der Waals surface area contributed by atoms with Crippen molar-refractivity contribution >= 4 is 11.0 Å². The molecule has 1 fully saturated rings. The number of nitrogens with one attached hydrogen (secondary N) is 1. The number of benzene rings is 1. The molecule has 3 aromatic rings. The molecule has 5 nitrogen and oxygen atoms in total. The van der Waals surface area contributed by atoms with Gasteiger partial charge in [0.25, 0.3) is 0 Å². The van der Waals surface area contributed by atoms with Crippen molar-refractivity contribution in [3.63, 3.8) is 0 Å². The lowest BCUT2D eigenvalue weighted by molar-refractivity contribution is 0.775. The fraction of sp³-hybridized carbons (Fsp3) is 0.188. The van der Waals surface area contributed by atoms with Gasteiger partial charge in [-0.3, -0.25) is 4.79 Å². The fourth-order valence-corrected chi connectivity index (χ4v) is 2.66. The van der Waals surface area contributed by atoms with Crippen molar-refractivity contribution in [3.05, 3.63) is 52.4 Å². The molecule has 0 saturated heterocycles. The Labute approximate surface area is 120 Å². The molecule has 5 heteroatoms. The van der Waals surface area contributed by atoms with Crippen LogP contribution in [0.5, 0.6) is 0 Å². The van der Waals surface area contributed by atoms with E-state index in [0.717, 1.165) is 35.3 Å². The SMILES string of the molecule is N#Cc1ccc2c(c1)nc(-c1cc[nH]c(=O)c1)n2C1CC1. The standard InChI is InChI=1S/C16H12N4O/c17-9-10-1-4-14-13(7-10)19-16(20(14)12-2-3-12)11-5-6-18-15(21)8-11/h1,4-8,12H,2-3H2,(H,18,21). The van der Waals surface area contributed by atoms with Crippen LogP contribution in [-0.4, -0.2) is 14.5 Å². The van der Waals surface area contributed by atoms with E-state index in [1.54, 1.807) is 18.3 Å². The van der Waals surface area contributed by atoms with Crippen LogP contribution in [0.3, 0.4) is 0 Å². The summed E-state index contributed by atoms with van der Waals surface area (Å²) in [6.07, 6.45) is 3.89. The summed E-state index contributed by atoms with van der Waals surface area (Å²) in [7, 11) is 0. The van der Waals surface area contributed by atoms with Crippen molar-refractivity contribution in [2.75, 3.05) is 0 Å². The second-order valence-corrected chi connectivity index (χ2v) is 5.29. The van der Waals surface area contributed by atoms with E-state index >= 15 is 0 Å². The van der Waals surface area contributed by atoms with Crippen LogP contribution in [-0.2, 0) is 0 Å². The number of fused-ring (bicyclic) bond motifs is 1. The molecule has 0 atom stereocenters. The molecule has 0 bridgehead atoms. The Balaban J connectivity index is 2.02. The minimum Gasteiger partial charge on any atom is -0.329 e. The summed E-state index contributed by atoms with van der Waals surface area (Å²) in [6, 6.07) is 11.5. The van der Waals surface area contributed by atoms with E-state index in [1.807, 2.05) is 18.2 Å². The highest BCUT2D eigenvalue weighted by molar-refractivity contribution is 5.82. The maximum Gasteiger partial charge on any atom is 0.248 e. The molecule has 0 aliphatic heterocycles. The molecule has 21 heavy (non-hydrogen) atoms. The van der Waals surface area contributed by atoms with Crippen molar-refractivity contribution in [3.8, 4) is 17.5 Å². The third-order valence-electron chi connectivity index (χ3n) is 3.76. The van der Waals surface area contributed by atoms with Crippen LogP contribution >= 0.6 is 0 Å². The molecule has 0 amide bonds. The second kappa shape index (κ2) is 4.32. The van der Waals surface area contributed by atoms with Gasteiger partial charge < -0.3 is 9.55 Å². The van der Waals surface area contributed by atoms with Crippen molar-refractivity contribution in [1.29, 1.82) is 5.26 Å². The smallest absolute Gasteiger partial charge is 0.248 e. The summed E-state index contributed by atoms with van der Waals surface area (Å²) in [5.41, 5.74) is 3.09. The van der Waals surface area contributed by atoms with E-state index < -0.39 is 0 Å². The van der Waals surface area contributed by atoms with Gasteiger partial charge in [0.15, 0.2) is 0 Å². The number of imidazole rings is 1. The van der Waals surface area contributed by atoms with Gasteiger partial charge in [-0.2, -0.15) is 5.26 Å². The van der Waals surface area contributed by atoms with Gasteiger partial charge in [0.2, 0.25) is 5.56 Å². The van der Waals surface area contributed by atoms with Crippen LogP contribution < -0.4 is 5.56 Å². The summed E-state index contributed by atoms with van der Waals surface area (Å²) < 4.78 is 2.19. The Morgan fingerprint density at radius 2 is 2.14 bits per heavy atom. The normalized spacial score (nSPS) is 14.2. The molecule has 2 aromatic heterocycles. The minimum atomic E-state index is -0.139. The van der Waals surface area contributed by atoms with E-state index in [4.69, 9.17) is 5.26 Å². The van der Waals surface area contributed by atoms with E-state index in [-0.39, 0.29) is 5.56 Å². The van der Waals surface area contributed by atoms with Crippen LogP contribution in [0.2, 0.25) is 0 Å². The van der Waals surface area contributed by atoms with Gasteiger partial charge in [-0.25, -0.2) is 4.98 Å². The number of pyridine rings is 1. The Bertz CT molecular complexity index is 941. The zero-order valence-electron chi connectivity index (χ0n) is 11.2. The molecule has 1 N–H and O–H groups in total. The third-order valence-corrected chi connectivity index (χ3v) is 3.76. The third kappa shape index (κ3) is 1.93. The largest absolute Gasteiger partial charge is 0.329 e. The van der Waals surface area contributed by atoms with Crippen LogP contribution in [0.25, 0.3) is 22.4 Å². The topological polar surface area (TPSA) is 74.5 Å². The van der Waals surface area contributed by atoms with E-state index in [2.05, 4.69) is 20.6 Å². The highest BCUT2D eigenvalue weighted by Crippen LogP contribution is 2.41. The number of aromatic nitrogens is 3. The maximum absolute atomic E-state index is 11.5. The van der Waals surface area contributed by atoms with Crippen LogP contribution in [0.4, 0.5) is 0 Å². The summed E-state index contributed by atoms with van der Waals surface area (Å²) in [5.74, 6) is 0.800. The summed E-state index contributed by atoms with van der Waals surface area (Å²) in [6.45, 7) is 0. The second-order valence-electron chi connectivity index (χ2n) is 5.29. The van der Waals surface area contributed by atoms with Crippen molar-refractivity contribution in [2.24, 2.45) is 0 Å². The maximum atomic E-state index is 11.5. The molecular weight excluding hydrogens is 264 g/mol. The highest BCUT2D eigenvalue weighted by atomic mass is 16.1. The molecule has 1 aliphatic rings. The molecule has 1 aromatic carbocycles. The van der Waals surface area contributed by atoms with E-state index in [0.29, 0.717) is 11.6 Å². The molecular formula is C16H12N4O. The number of rotatable bonds is 2. The fourth-order valence-electron chi connectivity index (χ4n) is 2.66. The first-order valence-corrected chi connectivity index (χ1v) is 6.87. The summed E-state index contributed by atoms with van der Waals surface area (Å²) in [4.78, 5) is 18.8. The predicted octanol–water partition coefficient (Wildman–Crippen LogP) is 2.60. The van der Waals surface area contributed by atoms with Gasteiger partial charge in [-0.15, -0.1) is 0 Å². The Hall–Kier alpha value is -2.87. The van der Waals surface area contributed by atoms with Crippen LogP contribution in [0, 0.1) is 11.3 Å². The quantitative estimate of drug-likeness (QED) is 0.781. The number of H-pyrrole nitrogens is 1. The Morgan fingerprint density at radius 3 is 2.86 bits per heavy atom. The summed E-state index contributed by atoms with van der Waals surface area (Å²) >= 11 is 0. The average molecular weight is 276 g/mol. The average Bonchev–Trinajstić information content (AvgIpc) is 3.26. The Kier molecular flexibility index (Phi) is 2.45. The van der Waals surface area contributed by atoms with Crippen molar-refractivity contribution < 1.29 is 0 Å². The van der Waals surface area contributed by atoms with E-state index in [9.17, 15) is 4.79 Å². The van der Waals surface area contributed by atoms with Crippen LogP contribution in [0.15, 0.2) is 41.3 Å². The molecule has 0 radical (unpaired) electrons. The first-order valence-electron chi connectivity index (χ1n) is 6.87. The zero-order chi connectivity index (χ0) is 14.4. The molecule has 0 unspecified atom stereocenters. The molecule has 0 spiro atoms. The molecule has 4 rings (SSSR count). The van der Waals surface area contributed by atoms with Crippen molar-refractivity contribution in [2.45, 2.75) is 18.9 Å². The molecule has 1 aliphatic carbocycles. The van der Waals surface area contributed by atoms with Gasteiger partial charge in [0.05, 0.1) is 22.7 Å². The van der Waals surface area contributed by atoms with E-state index in [1.165, 1.54) is 0 Å². The molecule has 1 saturated carbocycles. The summed E-state index contributed by atoms with van der Waals surface area (Å²) in [5, 5.41) is 9.02. The van der Waals surface area contributed by atoms with Gasteiger partial charge >= 0.3 is 0 Å². The lowest BCUT2D eigenvalue weighted by Crippen LogP contribution is -2.04. The van der Waals surface area contributed by atoms with Gasteiger partial charge in [-0.1, -0.05) is 0 Å². The first-order chi connectivity index (χ1) is 10.3. The number of hydrogen-bond acceptors (Lipinski definition) is 3. The van der Waals surface area contributed by atoms with Gasteiger partial charge in [0, 0.05) is 23.9 Å². The molecule has 2 heterocycles. The van der Waals surface area contributed by atoms with Gasteiger partial charge in [0.1, 0.15) is 5.82 Å². The van der Waals surface area contributed by atoms with Crippen molar-refractivity contribution in [1.82, 2.24) is 14.5 Å². The number of nitrogens with zero attached hydrogens (tertiary/aromatic N) is 3. The first kappa shape index (κ1) is 11.9. The Morgan fingerprint density at radius 1 is 1.29 bits per heavy atom. The van der Waals surface area contributed by atoms with Gasteiger partial charge in [-0.05, 0) is 37.1 Å². The van der Waals surface area contributed by atoms with Crippen LogP contribution in [0.1, 0.15) is 24.4 Å². The monoisotopic (exact) mass is 276 g/mol. The minimum absolute atomic E-state index is 0.139. The lowest BCUT2D eigenvalue weighted by Gasteiger charge is -2.07.